The summed E-state index contributed by atoms with van der Waals surface area (Å²) in [6.45, 7) is 3.84. The van der Waals surface area contributed by atoms with Crippen molar-refractivity contribution in [2.75, 3.05) is 11.6 Å². The second-order valence-electron chi connectivity index (χ2n) is 6.96. The van der Waals surface area contributed by atoms with Gasteiger partial charge in [-0.1, -0.05) is 44.2 Å². The van der Waals surface area contributed by atoms with E-state index in [0.717, 1.165) is 12.0 Å². The predicted molar refractivity (Wildman–Crippen MR) is 106 cm³/mol. The average Bonchev–Trinajstić information content (AvgIpc) is 3.15. The minimum absolute atomic E-state index is 0.00722. The second kappa shape index (κ2) is 10.3. The molecule has 1 heterocycles. The van der Waals surface area contributed by atoms with Crippen LogP contribution in [0, 0.1) is 5.92 Å². The molecule has 6 nitrogen and oxygen atoms in total. The standard InChI is InChI=1S/C20H28N2O4S/c1-3-14(2)20(26)22-13-27-12-17(22)19(25)21-16(9-10-18(23)24)11-15-7-5-4-6-8-15/h4-8,14,16-17H,3,9-13H2,1-2H3,(H,21,25)(H,23,24). The largest absolute Gasteiger partial charge is 0.481 e. The molecule has 1 aliphatic rings. The average molecular weight is 393 g/mol. The molecule has 0 radical (unpaired) electrons. The molecule has 0 aromatic heterocycles. The van der Waals surface area contributed by atoms with E-state index in [1.807, 2.05) is 44.2 Å². The first-order valence-electron chi connectivity index (χ1n) is 9.36. The molecule has 2 rings (SSSR count). The smallest absolute Gasteiger partial charge is 0.303 e. The van der Waals surface area contributed by atoms with Gasteiger partial charge in [0.15, 0.2) is 0 Å². The Balaban J connectivity index is 2.04. The van der Waals surface area contributed by atoms with Gasteiger partial charge in [0.05, 0.1) is 5.88 Å². The number of hydrogen-bond acceptors (Lipinski definition) is 4. The lowest BCUT2D eigenvalue weighted by Gasteiger charge is -2.27. The number of carbonyl (C=O) groups excluding carboxylic acids is 2. The van der Waals surface area contributed by atoms with Crippen molar-refractivity contribution in [2.45, 2.75) is 51.6 Å². The molecule has 148 valence electrons. The van der Waals surface area contributed by atoms with E-state index >= 15 is 0 Å². The highest BCUT2D eigenvalue weighted by molar-refractivity contribution is 7.99. The highest BCUT2D eigenvalue weighted by atomic mass is 32.2. The first-order valence-corrected chi connectivity index (χ1v) is 10.5. The molecule has 7 heteroatoms. The normalized spacial score (nSPS) is 18.7. The molecule has 2 N–H and O–H groups in total. The molecule has 3 unspecified atom stereocenters. The number of nitrogens with one attached hydrogen (secondary N) is 1. The summed E-state index contributed by atoms with van der Waals surface area (Å²) in [5.41, 5.74) is 1.04. The van der Waals surface area contributed by atoms with Gasteiger partial charge in [0, 0.05) is 24.1 Å². The van der Waals surface area contributed by atoms with Crippen LogP contribution in [-0.4, -0.2) is 51.5 Å². The van der Waals surface area contributed by atoms with Crippen LogP contribution < -0.4 is 5.32 Å². The van der Waals surface area contributed by atoms with E-state index in [0.29, 0.717) is 24.5 Å². The molecule has 27 heavy (non-hydrogen) atoms. The van der Waals surface area contributed by atoms with Gasteiger partial charge in [-0.05, 0) is 24.8 Å². The van der Waals surface area contributed by atoms with Gasteiger partial charge < -0.3 is 15.3 Å². The number of carboxylic acids is 1. The van der Waals surface area contributed by atoms with Crippen LogP contribution in [0.15, 0.2) is 30.3 Å². The van der Waals surface area contributed by atoms with Crippen molar-refractivity contribution in [3.63, 3.8) is 0 Å². The van der Waals surface area contributed by atoms with Gasteiger partial charge in [0.1, 0.15) is 6.04 Å². The van der Waals surface area contributed by atoms with Crippen LogP contribution in [0.5, 0.6) is 0 Å². The maximum absolute atomic E-state index is 12.9. The quantitative estimate of drug-likeness (QED) is 0.674. The minimum Gasteiger partial charge on any atom is -0.481 e. The van der Waals surface area contributed by atoms with Crippen molar-refractivity contribution in [1.29, 1.82) is 0 Å². The van der Waals surface area contributed by atoms with Gasteiger partial charge in [0.2, 0.25) is 11.8 Å². The third kappa shape index (κ3) is 6.27. The first-order chi connectivity index (χ1) is 12.9. The molecule has 0 spiro atoms. The molecule has 1 saturated heterocycles. The Kier molecular flexibility index (Phi) is 8.16. The Bertz CT molecular complexity index is 653. The molecule has 1 aliphatic heterocycles. The zero-order valence-electron chi connectivity index (χ0n) is 15.9. The SMILES string of the molecule is CCC(C)C(=O)N1CSCC1C(=O)NC(CCC(=O)O)Cc1ccccc1. The van der Waals surface area contributed by atoms with Crippen molar-refractivity contribution < 1.29 is 19.5 Å². The van der Waals surface area contributed by atoms with Gasteiger partial charge >= 0.3 is 5.97 Å². The van der Waals surface area contributed by atoms with Gasteiger partial charge in [-0.15, -0.1) is 11.8 Å². The lowest BCUT2D eigenvalue weighted by Crippen LogP contribution is -2.51. The number of carboxylic acid groups (broad SMARTS) is 1. The molecule has 1 aromatic rings. The number of benzene rings is 1. The highest BCUT2D eigenvalue weighted by Crippen LogP contribution is 2.24. The number of hydrogen-bond donors (Lipinski definition) is 2. The second-order valence-corrected chi connectivity index (χ2v) is 7.96. The van der Waals surface area contributed by atoms with E-state index in [9.17, 15) is 14.4 Å². The molecular formula is C20H28N2O4S. The Labute approximate surface area is 164 Å². The summed E-state index contributed by atoms with van der Waals surface area (Å²) in [5.74, 6) is -0.0701. The summed E-state index contributed by atoms with van der Waals surface area (Å²) >= 11 is 1.57. The van der Waals surface area contributed by atoms with E-state index in [2.05, 4.69) is 5.32 Å². The number of amides is 2. The van der Waals surface area contributed by atoms with Gasteiger partial charge in [0.25, 0.3) is 0 Å². The third-order valence-electron chi connectivity index (χ3n) is 4.88. The molecule has 2 amide bonds. The first kappa shape index (κ1) is 21.3. The van der Waals surface area contributed by atoms with Gasteiger partial charge in [-0.25, -0.2) is 0 Å². The summed E-state index contributed by atoms with van der Waals surface area (Å²) in [4.78, 5) is 38.0. The summed E-state index contributed by atoms with van der Waals surface area (Å²) in [6, 6.07) is 8.93. The number of aliphatic carboxylic acids is 1. The van der Waals surface area contributed by atoms with Crippen LogP contribution in [-0.2, 0) is 20.8 Å². The zero-order valence-corrected chi connectivity index (χ0v) is 16.7. The van der Waals surface area contributed by atoms with Gasteiger partial charge in [-0.2, -0.15) is 0 Å². The number of nitrogens with zero attached hydrogens (tertiary/aromatic N) is 1. The number of rotatable bonds is 9. The summed E-state index contributed by atoms with van der Waals surface area (Å²) in [6.07, 6.45) is 1.66. The molecular weight excluding hydrogens is 364 g/mol. The van der Waals surface area contributed by atoms with Crippen LogP contribution >= 0.6 is 11.8 Å². The molecule has 1 aromatic carbocycles. The maximum Gasteiger partial charge on any atom is 0.303 e. The molecule has 0 aliphatic carbocycles. The van der Waals surface area contributed by atoms with Gasteiger partial charge in [-0.3, -0.25) is 14.4 Å². The monoisotopic (exact) mass is 392 g/mol. The fourth-order valence-electron chi connectivity index (χ4n) is 3.05. The van der Waals surface area contributed by atoms with Crippen LogP contribution in [0.25, 0.3) is 0 Å². The lowest BCUT2D eigenvalue weighted by molar-refractivity contribution is -0.141. The fraction of sp³-hybridized carbons (Fsp3) is 0.550. The van der Waals surface area contributed by atoms with Crippen LogP contribution in [0.2, 0.25) is 0 Å². The van der Waals surface area contributed by atoms with E-state index in [1.54, 1.807) is 16.7 Å². The van der Waals surface area contributed by atoms with Crippen LogP contribution in [0.1, 0.15) is 38.7 Å². The Morgan fingerprint density at radius 2 is 2.00 bits per heavy atom. The predicted octanol–water partition coefficient (Wildman–Crippen LogP) is 2.53. The van der Waals surface area contributed by atoms with E-state index in [4.69, 9.17) is 5.11 Å². The maximum atomic E-state index is 12.9. The summed E-state index contributed by atoms with van der Waals surface area (Å²) in [5, 5.41) is 12.0. The van der Waals surface area contributed by atoms with Crippen LogP contribution in [0.3, 0.4) is 0 Å². The highest BCUT2D eigenvalue weighted by Gasteiger charge is 2.36. The van der Waals surface area contributed by atoms with E-state index in [1.165, 1.54) is 0 Å². The van der Waals surface area contributed by atoms with Crippen molar-refractivity contribution in [2.24, 2.45) is 5.92 Å². The number of carbonyl (C=O) groups is 3. The summed E-state index contributed by atoms with van der Waals surface area (Å²) in [7, 11) is 0. The molecule has 1 fully saturated rings. The Morgan fingerprint density at radius 1 is 1.30 bits per heavy atom. The number of thioether (sulfide) groups is 1. The Morgan fingerprint density at radius 3 is 2.63 bits per heavy atom. The van der Waals surface area contributed by atoms with E-state index < -0.39 is 12.0 Å². The summed E-state index contributed by atoms with van der Waals surface area (Å²) < 4.78 is 0. The third-order valence-corrected chi connectivity index (χ3v) is 5.89. The molecule has 0 bridgehead atoms. The topological polar surface area (TPSA) is 86.7 Å². The van der Waals surface area contributed by atoms with Crippen molar-refractivity contribution in [3.05, 3.63) is 35.9 Å². The zero-order chi connectivity index (χ0) is 19.8. The fourth-order valence-corrected chi connectivity index (χ4v) is 4.22. The van der Waals surface area contributed by atoms with Crippen molar-refractivity contribution in [3.8, 4) is 0 Å². The molecule has 0 saturated carbocycles. The van der Waals surface area contributed by atoms with Crippen LogP contribution in [0.4, 0.5) is 0 Å². The van der Waals surface area contributed by atoms with Crippen molar-refractivity contribution in [1.82, 2.24) is 10.2 Å². The van der Waals surface area contributed by atoms with Crippen molar-refractivity contribution >= 4 is 29.5 Å². The Hall–Kier alpha value is -2.02. The minimum atomic E-state index is -0.882. The molecule has 3 atom stereocenters. The van der Waals surface area contributed by atoms with E-state index in [-0.39, 0.29) is 30.2 Å². The lowest BCUT2D eigenvalue weighted by atomic mass is 10.0.